The van der Waals surface area contributed by atoms with Gasteiger partial charge in [-0.05, 0) is 75.8 Å². The van der Waals surface area contributed by atoms with Crippen LogP contribution in [0.2, 0.25) is 0 Å². The van der Waals surface area contributed by atoms with Gasteiger partial charge in [-0.1, -0.05) is 102 Å². The Morgan fingerprint density at radius 1 is 0.885 bits per heavy atom. The van der Waals surface area contributed by atoms with Crippen molar-refractivity contribution in [1.82, 2.24) is 25.8 Å². The summed E-state index contributed by atoms with van der Waals surface area (Å²) in [5, 5.41) is 10.6. The topological polar surface area (TPSA) is 173 Å². The van der Waals surface area contributed by atoms with E-state index in [1.165, 1.54) is 10.3 Å². The van der Waals surface area contributed by atoms with Crippen molar-refractivity contribution in [2.75, 3.05) is 6.54 Å². The van der Waals surface area contributed by atoms with Crippen molar-refractivity contribution in [3.05, 3.63) is 87.9 Å². The number of rotatable bonds is 19. The average molecular weight is 883 g/mol. The SMILES string of the molecule is CC[C@H](C)[C@H](NC(=O)[C@@H]1CCCCN1C(=O)OC(C)(C)C)C(=O)N[C@H](CC(=O)c1nc(C(=O)N[C@@H](Cc2ccccc2)C[C@H](C)C(=O)OCc2ccccc2)cs1)C(C)C.Cl. The van der Waals surface area contributed by atoms with Crippen LogP contribution in [0.25, 0.3) is 0 Å². The molecule has 0 saturated carbocycles. The molecule has 3 aromatic rings. The number of thiazole rings is 1. The number of likely N-dealkylation sites (tertiary alicyclic amines) is 1. The van der Waals surface area contributed by atoms with Gasteiger partial charge in [-0.3, -0.25) is 28.9 Å². The molecule has 6 atom stereocenters. The lowest BCUT2D eigenvalue weighted by atomic mass is 9.94. The third kappa shape index (κ3) is 15.9. The maximum Gasteiger partial charge on any atom is 0.410 e. The fourth-order valence-corrected chi connectivity index (χ4v) is 7.71. The summed E-state index contributed by atoms with van der Waals surface area (Å²) in [6, 6.07) is 16.4. The number of halogens is 1. The number of carbonyl (C=O) groups is 6. The predicted molar refractivity (Wildman–Crippen MR) is 238 cm³/mol. The van der Waals surface area contributed by atoms with E-state index in [0.29, 0.717) is 32.2 Å². The molecule has 0 aliphatic carbocycles. The standard InChI is InChI=1S/C46H63N5O8S.ClH/c1-9-30(4)39(50-41(54)37-22-16-17-23-51(37)45(57)59-46(6,7)8)42(55)48-35(29(2)3)26-38(52)43-49-36(28-60-43)40(53)47-34(25-32-18-12-10-13-19-32)24-31(5)44(56)58-27-33-20-14-11-15-21-33;/h10-15,18-21,28-31,34-35,37,39H,9,16-17,22-27H2,1-8H3,(H,47,53)(H,48,55)(H,50,54);1H/t30-,31-,34+,35+,37-,39-;/m0./s1. The molecule has 3 N–H and O–H groups in total. The summed E-state index contributed by atoms with van der Waals surface area (Å²) in [6.07, 6.45) is 2.70. The number of ketones is 1. The van der Waals surface area contributed by atoms with E-state index >= 15 is 0 Å². The first-order chi connectivity index (χ1) is 28.4. The van der Waals surface area contributed by atoms with Crippen molar-refractivity contribution in [2.45, 2.75) is 137 Å². The number of ether oxygens (including phenoxy) is 2. The van der Waals surface area contributed by atoms with Gasteiger partial charge in [-0.15, -0.1) is 23.7 Å². The van der Waals surface area contributed by atoms with Crippen molar-refractivity contribution in [2.24, 2.45) is 17.8 Å². The van der Waals surface area contributed by atoms with Gasteiger partial charge < -0.3 is 25.4 Å². The van der Waals surface area contributed by atoms with Gasteiger partial charge in [0.05, 0.1) is 5.92 Å². The van der Waals surface area contributed by atoms with E-state index in [1.54, 1.807) is 27.7 Å². The number of Topliss-reactive ketones (excluding diaryl/α,β-unsaturated/α-hetero) is 1. The van der Waals surface area contributed by atoms with E-state index in [1.807, 2.05) is 88.4 Å². The second kappa shape index (κ2) is 24.0. The Hall–Kier alpha value is -4.82. The molecule has 2 heterocycles. The monoisotopic (exact) mass is 881 g/mol. The lowest BCUT2D eigenvalue weighted by molar-refractivity contribution is -0.149. The fourth-order valence-electron chi connectivity index (χ4n) is 6.96. The molecule has 1 saturated heterocycles. The number of amides is 4. The van der Waals surface area contributed by atoms with Crippen molar-refractivity contribution >= 4 is 59.3 Å². The Balaban J connectivity index is 0.00000992. The number of piperidine rings is 1. The largest absolute Gasteiger partial charge is 0.461 e. The number of nitrogens with one attached hydrogen (secondary N) is 3. The van der Waals surface area contributed by atoms with Gasteiger partial charge in [-0.2, -0.15) is 0 Å². The van der Waals surface area contributed by atoms with E-state index in [-0.39, 0.29) is 59.7 Å². The predicted octanol–water partition coefficient (Wildman–Crippen LogP) is 7.71. The number of hydrogen-bond donors (Lipinski definition) is 3. The Labute approximate surface area is 370 Å². The summed E-state index contributed by atoms with van der Waals surface area (Å²) in [4.78, 5) is 86.7. The first-order valence-corrected chi connectivity index (χ1v) is 22.0. The number of hydrogen-bond acceptors (Lipinski definition) is 10. The van der Waals surface area contributed by atoms with Crippen LogP contribution in [0.1, 0.15) is 125 Å². The van der Waals surface area contributed by atoms with Crippen molar-refractivity contribution in [3.63, 3.8) is 0 Å². The van der Waals surface area contributed by atoms with Crippen LogP contribution in [0.5, 0.6) is 0 Å². The Morgan fingerprint density at radius 3 is 2.13 bits per heavy atom. The second-order valence-corrected chi connectivity index (χ2v) is 18.0. The van der Waals surface area contributed by atoms with Crippen LogP contribution in [0, 0.1) is 17.8 Å². The molecular weight excluding hydrogens is 818 g/mol. The van der Waals surface area contributed by atoms with Gasteiger partial charge >= 0.3 is 12.1 Å². The minimum Gasteiger partial charge on any atom is -0.461 e. The molecule has 1 aromatic heterocycles. The number of esters is 1. The molecule has 4 amide bonds. The summed E-state index contributed by atoms with van der Waals surface area (Å²) >= 11 is 1.05. The van der Waals surface area contributed by atoms with E-state index in [4.69, 9.17) is 9.47 Å². The Bertz CT molecular complexity index is 1900. The Morgan fingerprint density at radius 2 is 1.52 bits per heavy atom. The van der Waals surface area contributed by atoms with E-state index in [0.717, 1.165) is 35.3 Å². The third-order valence-electron chi connectivity index (χ3n) is 10.7. The molecule has 2 aromatic carbocycles. The van der Waals surface area contributed by atoms with Crippen LogP contribution in [-0.4, -0.2) is 81.8 Å². The zero-order valence-electron chi connectivity index (χ0n) is 36.7. The Kier molecular flexibility index (Phi) is 19.9. The minimum atomic E-state index is -0.909. The highest BCUT2D eigenvalue weighted by Crippen LogP contribution is 2.23. The smallest absolute Gasteiger partial charge is 0.410 e. The fraction of sp³-hybridized carbons (Fsp3) is 0.543. The highest BCUT2D eigenvalue weighted by atomic mass is 35.5. The molecular formula is C46H64ClN5O8S. The molecule has 61 heavy (non-hydrogen) atoms. The summed E-state index contributed by atoms with van der Waals surface area (Å²) in [6.45, 7) is 15.2. The number of benzene rings is 2. The minimum absolute atomic E-state index is 0. The van der Waals surface area contributed by atoms with E-state index < -0.39 is 59.5 Å². The van der Waals surface area contributed by atoms with Gasteiger partial charge in [-0.25, -0.2) is 9.78 Å². The first-order valence-electron chi connectivity index (χ1n) is 21.1. The highest BCUT2D eigenvalue weighted by molar-refractivity contribution is 7.12. The molecule has 0 bridgehead atoms. The van der Waals surface area contributed by atoms with E-state index in [9.17, 15) is 28.8 Å². The van der Waals surface area contributed by atoms with Gasteiger partial charge in [0, 0.05) is 30.4 Å². The van der Waals surface area contributed by atoms with Crippen molar-refractivity contribution in [3.8, 4) is 0 Å². The van der Waals surface area contributed by atoms with Crippen LogP contribution < -0.4 is 16.0 Å². The molecule has 15 heteroatoms. The van der Waals surface area contributed by atoms with Crippen LogP contribution in [0.15, 0.2) is 66.0 Å². The summed E-state index contributed by atoms with van der Waals surface area (Å²) in [5.74, 6) is -2.94. The van der Waals surface area contributed by atoms with Gasteiger partial charge in [0.2, 0.25) is 11.8 Å². The zero-order chi connectivity index (χ0) is 44.0. The highest BCUT2D eigenvalue weighted by Gasteiger charge is 2.38. The molecule has 0 spiro atoms. The van der Waals surface area contributed by atoms with Crippen LogP contribution >= 0.6 is 23.7 Å². The lowest BCUT2D eigenvalue weighted by Gasteiger charge is -2.37. The van der Waals surface area contributed by atoms with Gasteiger partial charge in [0.15, 0.2) is 10.8 Å². The van der Waals surface area contributed by atoms with Crippen LogP contribution in [0.3, 0.4) is 0 Å². The number of nitrogens with zero attached hydrogens (tertiary/aromatic N) is 2. The van der Waals surface area contributed by atoms with E-state index in [2.05, 4.69) is 20.9 Å². The summed E-state index contributed by atoms with van der Waals surface area (Å²) in [7, 11) is 0. The molecule has 0 unspecified atom stereocenters. The second-order valence-electron chi connectivity index (χ2n) is 17.2. The number of carbonyl (C=O) groups excluding carboxylic acids is 6. The zero-order valence-corrected chi connectivity index (χ0v) is 38.4. The maximum absolute atomic E-state index is 13.9. The van der Waals surface area contributed by atoms with Gasteiger partial charge in [0.1, 0.15) is 30.0 Å². The lowest BCUT2D eigenvalue weighted by Crippen LogP contribution is -2.59. The molecule has 1 fully saturated rings. The van der Waals surface area contributed by atoms with Crippen LogP contribution in [0.4, 0.5) is 4.79 Å². The molecule has 4 rings (SSSR count). The molecule has 13 nitrogen and oxygen atoms in total. The van der Waals surface area contributed by atoms with Crippen molar-refractivity contribution in [1.29, 1.82) is 0 Å². The normalized spacial score (nSPS) is 16.5. The van der Waals surface area contributed by atoms with Crippen molar-refractivity contribution < 1.29 is 38.2 Å². The first kappa shape index (κ1) is 50.5. The molecule has 1 aliphatic rings. The van der Waals surface area contributed by atoms with Gasteiger partial charge in [0.25, 0.3) is 5.91 Å². The molecule has 334 valence electrons. The third-order valence-corrected chi connectivity index (χ3v) is 11.5. The molecule has 0 radical (unpaired) electrons. The van der Waals surface area contributed by atoms with Crippen LogP contribution in [-0.2, 0) is 36.9 Å². The summed E-state index contributed by atoms with van der Waals surface area (Å²) < 4.78 is 11.1. The number of aromatic nitrogens is 1. The summed E-state index contributed by atoms with van der Waals surface area (Å²) in [5.41, 5.74) is 1.21. The molecule has 1 aliphatic heterocycles. The quantitative estimate of drug-likeness (QED) is 0.0806. The maximum atomic E-state index is 13.9. The average Bonchev–Trinajstić information content (AvgIpc) is 3.72.